The Morgan fingerprint density at radius 2 is 2.19 bits per heavy atom. The maximum Gasteiger partial charge on any atom is 1.00 e. The molecule has 0 unspecified atom stereocenters. The molecule has 0 aliphatic rings. The second kappa shape index (κ2) is 6.75. The zero-order valence-corrected chi connectivity index (χ0v) is 14.9. The minimum Gasteiger partial charge on any atom is -1.00 e. The molecule has 2 aromatic heterocycles. The Labute approximate surface area is 153 Å². The van der Waals surface area contributed by atoms with Crippen LogP contribution in [-0.4, -0.2) is 16.1 Å². The zero-order chi connectivity index (χ0) is 14.1. The minimum absolute atomic E-state index is 0. The van der Waals surface area contributed by atoms with E-state index in [0.29, 0.717) is 5.39 Å². The fraction of sp³-hybridized carbons (Fsp3) is 0.0667. The summed E-state index contributed by atoms with van der Waals surface area (Å²) in [7, 11) is 0. The summed E-state index contributed by atoms with van der Waals surface area (Å²) in [5, 5.41) is 10.4. The molecule has 0 fully saturated rings. The molecule has 2 heterocycles. The number of benzene rings is 1. The first kappa shape index (κ1) is 16.2. The first-order chi connectivity index (χ1) is 9.65. The van der Waals surface area contributed by atoms with Crippen LogP contribution in [0.5, 0.6) is 0 Å². The third-order valence-electron chi connectivity index (χ3n) is 3.04. The predicted octanol–water partition coefficient (Wildman–Crippen LogP) is 0.996. The molecule has 0 aliphatic carbocycles. The third-order valence-corrected chi connectivity index (χ3v) is 3.66. The summed E-state index contributed by atoms with van der Waals surface area (Å²) in [6.45, 7) is 0. The number of carboxylic acids is 1. The summed E-state index contributed by atoms with van der Waals surface area (Å²) < 4.78 is 5.84. The van der Waals surface area contributed by atoms with Crippen LogP contribution in [0, 0.1) is 0 Å². The maximum atomic E-state index is 11.1. The van der Waals surface area contributed by atoms with Crippen molar-refractivity contribution in [1.82, 2.24) is 4.98 Å². The average Bonchev–Trinajstić information content (AvgIpc) is 2.84. The number of rotatable bonds is 3. The minimum atomic E-state index is -1.07. The van der Waals surface area contributed by atoms with Gasteiger partial charge in [-0.1, -0.05) is 6.07 Å². The van der Waals surface area contributed by atoms with E-state index in [1.54, 1.807) is 6.20 Å². The van der Waals surface area contributed by atoms with Gasteiger partial charge >= 0.3 is 35.5 Å². The molecule has 0 amide bonds. The molecule has 0 radical (unpaired) electrons. The van der Waals surface area contributed by atoms with E-state index in [0.717, 1.165) is 27.4 Å². The maximum absolute atomic E-state index is 11.1. The van der Waals surface area contributed by atoms with Gasteiger partial charge in [0, 0.05) is 27.6 Å². The SMILES string of the molecule is O=C(O)c1occ2cc(Cc3cccnc3)cc(Br)c12.[H-].[Na+]. The number of aromatic nitrogens is 1. The van der Waals surface area contributed by atoms with E-state index >= 15 is 0 Å². The van der Waals surface area contributed by atoms with Crippen molar-refractivity contribution in [3.05, 3.63) is 64.3 Å². The van der Waals surface area contributed by atoms with Crippen LogP contribution in [0.4, 0.5) is 0 Å². The monoisotopic (exact) mass is 355 g/mol. The summed E-state index contributed by atoms with van der Waals surface area (Å²) in [6.07, 6.45) is 5.75. The topological polar surface area (TPSA) is 63.3 Å². The van der Waals surface area contributed by atoms with E-state index in [9.17, 15) is 4.79 Å². The van der Waals surface area contributed by atoms with Crippen molar-refractivity contribution in [3.63, 3.8) is 0 Å². The molecule has 21 heavy (non-hydrogen) atoms. The quantitative estimate of drug-likeness (QED) is 0.712. The number of pyridine rings is 1. The second-order valence-corrected chi connectivity index (χ2v) is 5.30. The van der Waals surface area contributed by atoms with Gasteiger partial charge in [0.1, 0.15) is 0 Å². The third kappa shape index (κ3) is 3.37. The van der Waals surface area contributed by atoms with Crippen molar-refractivity contribution in [3.8, 4) is 0 Å². The molecule has 4 nitrogen and oxygen atoms in total. The van der Waals surface area contributed by atoms with Crippen LogP contribution in [0.3, 0.4) is 0 Å². The average molecular weight is 356 g/mol. The van der Waals surface area contributed by atoms with E-state index in [2.05, 4.69) is 20.9 Å². The van der Waals surface area contributed by atoms with Crippen LogP contribution in [-0.2, 0) is 6.42 Å². The van der Waals surface area contributed by atoms with Crippen molar-refractivity contribution >= 4 is 32.7 Å². The van der Waals surface area contributed by atoms with Crippen molar-refractivity contribution in [2.24, 2.45) is 0 Å². The Morgan fingerprint density at radius 3 is 2.86 bits per heavy atom. The molecular formula is C15H11BrNNaO3. The van der Waals surface area contributed by atoms with E-state index in [1.165, 1.54) is 6.26 Å². The standard InChI is InChI=1S/C15H10BrNO3.Na.H/c16-12-6-10(4-9-2-1-3-17-7-9)5-11-8-20-14(13(11)12)15(18)19;;/h1-3,5-8H,4H2,(H,18,19);;/q;+1;-1. The van der Waals surface area contributed by atoms with Crippen LogP contribution >= 0.6 is 15.9 Å². The van der Waals surface area contributed by atoms with Crippen LogP contribution in [0.1, 0.15) is 23.1 Å². The number of aromatic carboxylic acids is 1. The van der Waals surface area contributed by atoms with Gasteiger partial charge < -0.3 is 11.0 Å². The smallest absolute Gasteiger partial charge is 1.00 e. The van der Waals surface area contributed by atoms with Crippen molar-refractivity contribution in [2.45, 2.75) is 6.42 Å². The summed E-state index contributed by atoms with van der Waals surface area (Å²) in [6, 6.07) is 7.74. The molecule has 0 aliphatic heterocycles. The second-order valence-electron chi connectivity index (χ2n) is 4.45. The number of hydrogen-bond donors (Lipinski definition) is 1. The van der Waals surface area contributed by atoms with Crippen molar-refractivity contribution in [2.75, 3.05) is 0 Å². The van der Waals surface area contributed by atoms with E-state index in [4.69, 9.17) is 9.52 Å². The number of hydrogen-bond acceptors (Lipinski definition) is 3. The molecule has 102 valence electrons. The molecule has 0 saturated heterocycles. The van der Waals surface area contributed by atoms with E-state index < -0.39 is 5.97 Å². The van der Waals surface area contributed by atoms with E-state index in [-0.39, 0.29) is 36.7 Å². The first-order valence-corrected chi connectivity index (χ1v) is 6.76. The Balaban J connectivity index is 0.00000121. The van der Waals surface area contributed by atoms with Crippen molar-refractivity contribution in [1.29, 1.82) is 0 Å². The molecule has 3 rings (SSSR count). The Bertz CT molecular complexity index is 792. The zero-order valence-electron chi connectivity index (χ0n) is 12.3. The van der Waals surface area contributed by atoms with E-state index in [1.807, 2.05) is 30.5 Å². The van der Waals surface area contributed by atoms with Gasteiger partial charge in [-0.05, 0) is 51.7 Å². The van der Waals surface area contributed by atoms with Gasteiger partial charge in [0.2, 0.25) is 5.76 Å². The van der Waals surface area contributed by atoms with Gasteiger partial charge in [-0.2, -0.15) is 0 Å². The van der Waals surface area contributed by atoms with Gasteiger partial charge in [0.05, 0.1) is 6.26 Å². The molecule has 0 bridgehead atoms. The van der Waals surface area contributed by atoms with Crippen LogP contribution in [0.2, 0.25) is 0 Å². The number of fused-ring (bicyclic) bond motifs is 1. The molecular weight excluding hydrogens is 345 g/mol. The Kier molecular flexibility index (Phi) is 5.22. The summed E-state index contributed by atoms with van der Waals surface area (Å²) in [5.74, 6) is -1.11. The first-order valence-electron chi connectivity index (χ1n) is 5.97. The normalized spacial score (nSPS) is 10.3. The van der Waals surface area contributed by atoms with Gasteiger partial charge in [-0.3, -0.25) is 4.98 Å². The molecule has 1 N–H and O–H groups in total. The summed E-state index contributed by atoms with van der Waals surface area (Å²) in [4.78, 5) is 15.2. The molecule has 6 heteroatoms. The fourth-order valence-electron chi connectivity index (χ4n) is 2.20. The van der Waals surface area contributed by atoms with Gasteiger partial charge in [0.25, 0.3) is 0 Å². The van der Waals surface area contributed by atoms with Crippen LogP contribution in [0.15, 0.2) is 51.8 Å². The van der Waals surface area contributed by atoms with Gasteiger partial charge in [-0.25, -0.2) is 4.79 Å². The predicted molar refractivity (Wildman–Crippen MR) is 79.0 cm³/mol. The summed E-state index contributed by atoms with van der Waals surface area (Å²) in [5.41, 5.74) is 2.16. The number of carboxylic acid groups (broad SMARTS) is 1. The van der Waals surface area contributed by atoms with Crippen LogP contribution < -0.4 is 29.6 Å². The summed E-state index contributed by atoms with van der Waals surface area (Å²) >= 11 is 3.42. The van der Waals surface area contributed by atoms with Crippen molar-refractivity contribution < 1.29 is 45.3 Å². The molecule has 0 atom stereocenters. The molecule has 0 saturated carbocycles. The number of carbonyl (C=O) groups is 1. The number of furan rings is 1. The Hall–Kier alpha value is -1.14. The van der Waals surface area contributed by atoms with Gasteiger partial charge in [-0.15, -0.1) is 0 Å². The molecule has 3 aromatic rings. The number of halogens is 1. The number of nitrogens with zero attached hydrogens (tertiary/aromatic N) is 1. The fourth-order valence-corrected chi connectivity index (χ4v) is 2.90. The van der Waals surface area contributed by atoms with Crippen LogP contribution in [0.25, 0.3) is 10.8 Å². The largest absolute Gasteiger partial charge is 1.00 e. The van der Waals surface area contributed by atoms with Gasteiger partial charge in [0.15, 0.2) is 0 Å². The Morgan fingerprint density at radius 1 is 1.38 bits per heavy atom. The molecule has 0 spiro atoms. The molecule has 1 aromatic carbocycles.